The van der Waals surface area contributed by atoms with Crippen molar-refractivity contribution in [2.75, 3.05) is 18.0 Å². The Labute approximate surface area is 121 Å². The summed E-state index contributed by atoms with van der Waals surface area (Å²) in [6.07, 6.45) is 5.50. The van der Waals surface area contributed by atoms with E-state index in [1.807, 2.05) is 0 Å². The number of piperidine rings is 1. The maximum atomic E-state index is 10.8. The minimum absolute atomic E-state index is 0.400. The van der Waals surface area contributed by atoms with Crippen molar-refractivity contribution in [1.82, 2.24) is 0 Å². The van der Waals surface area contributed by atoms with Gasteiger partial charge in [0.05, 0.1) is 5.60 Å². The smallest absolute Gasteiger partial charge is 0.0709 e. The van der Waals surface area contributed by atoms with E-state index < -0.39 is 5.60 Å². The van der Waals surface area contributed by atoms with Gasteiger partial charge in [-0.3, -0.25) is 0 Å². The van der Waals surface area contributed by atoms with Crippen molar-refractivity contribution >= 4 is 5.69 Å². The third kappa shape index (κ3) is 2.45. The third-order valence-corrected chi connectivity index (χ3v) is 5.22. The average molecular weight is 274 g/mol. The fourth-order valence-electron chi connectivity index (χ4n) is 3.98. The van der Waals surface area contributed by atoms with Crippen LogP contribution in [0.15, 0.2) is 18.2 Å². The first-order valence-corrected chi connectivity index (χ1v) is 7.89. The highest BCUT2D eigenvalue weighted by Gasteiger charge is 2.42. The van der Waals surface area contributed by atoms with E-state index in [1.165, 1.54) is 29.7 Å². The molecule has 1 aromatic rings. The Morgan fingerprint density at radius 3 is 3.00 bits per heavy atom. The first kappa shape index (κ1) is 13.9. The average Bonchev–Trinajstić information content (AvgIpc) is 2.46. The largest absolute Gasteiger partial charge is 0.389 e. The summed E-state index contributed by atoms with van der Waals surface area (Å²) >= 11 is 0. The van der Waals surface area contributed by atoms with Gasteiger partial charge in [-0.25, -0.2) is 0 Å². The molecule has 1 heterocycles. The zero-order chi connectivity index (χ0) is 14.2. The van der Waals surface area contributed by atoms with Crippen LogP contribution in [0.1, 0.15) is 43.2 Å². The van der Waals surface area contributed by atoms with Gasteiger partial charge in [0.15, 0.2) is 0 Å². The van der Waals surface area contributed by atoms with Crippen LogP contribution < -0.4 is 10.6 Å². The summed E-state index contributed by atoms with van der Waals surface area (Å²) < 4.78 is 0. The summed E-state index contributed by atoms with van der Waals surface area (Å²) in [5.41, 5.74) is 9.27. The third-order valence-electron chi connectivity index (χ3n) is 5.22. The van der Waals surface area contributed by atoms with E-state index >= 15 is 0 Å². The molecule has 20 heavy (non-hydrogen) atoms. The highest BCUT2D eigenvalue weighted by molar-refractivity contribution is 5.55. The molecular weight excluding hydrogens is 248 g/mol. The molecule has 1 aliphatic heterocycles. The minimum atomic E-state index is -0.400. The monoisotopic (exact) mass is 274 g/mol. The zero-order valence-corrected chi connectivity index (χ0v) is 12.4. The molecule has 1 aromatic carbocycles. The molecule has 2 unspecified atom stereocenters. The van der Waals surface area contributed by atoms with Gasteiger partial charge in [0.1, 0.15) is 0 Å². The molecule has 3 rings (SSSR count). The van der Waals surface area contributed by atoms with Gasteiger partial charge in [0, 0.05) is 31.2 Å². The van der Waals surface area contributed by atoms with E-state index in [0.717, 1.165) is 32.4 Å². The normalized spacial score (nSPS) is 30.1. The van der Waals surface area contributed by atoms with Crippen molar-refractivity contribution in [2.45, 2.75) is 51.2 Å². The predicted octanol–water partition coefficient (Wildman–Crippen LogP) is 2.59. The summed E-state index contributed by atoms with van der Waals surface area (Å²) in [5, 5.41) is 10.8. The van der Waals surface area contributed by atoms with Crippen LogP contribution in [0, 0.1) is 12.8 Å². The maximum absolute atomic E-state index is 10.8. The second-order valence-electron chi connectivity index (χ2n) is 6.58. The lowest BCUT2D eigenvalue weighted by Crippen LogP contribution is -2.53. The summed E-state index contributed by atoms with van der Waals surface area (Å²) in [4.78, 5) is 2.44. The molecule has 0 amide bonds. The van der Waals surface area contributed by atoms with Crippen LogP contribution in [0.2, 0.25) is 0 Å². The van der Waals surface area contributed by atoms with E-state index in [2.05, 4.69) is 30.0 Å². The SMILES string of the molecule is Cc1ccc(N2CCC3(O)CCCCC3C2)c(CN)c1. The number of benzene rings is 1. The first-order chi connectivity index (χ1) is 9.62. The summed E-state index contributed by atoms with van der Waals surface area (Å²) in [5.74, 6) is 0.428. The van der Waals surface area contributed by atoms with Crippen molar-refractivity contribution in [3.8, 4) is 0 Å². The van der Waals surface area contributed by atoms with Crippen LogP contribution in [0.4, 0.5) is 5.69 Å². The molecule has 110 valence electrons. The van der Waals surface area contributed by atoms with Crippen LogP contribution in [-0.4, -0.2) is 23.8 Å². The second-order valence-corrected chi connectivity index (χ2v) is 6.58. The number of anilines is 1. The molecule has 0 aromatic heterocycles. The Hall–Kier alpha value is -1.06. The molecule has 2 aliphatic rings. The standard InChI is InChI=1S/C17H26N2O/c1-13-5-6-16(14(10-13)11-18)19-9-8-17(20)7-3-2-4-15(17)12-19/h5-6,10,15,20H,2-4,7-9,11-12,18H2,1H3. The quantitative estimate of drug-likeness (QED) is 0.871. The number of hydrogen-bond acceptors (Lipinski definition) is 3. The molecule has 2 fully saturated rings. The summed E-state index contributed by atoms with van der Waals surface area (Å²) in [6.45, 7) is 4.62. The number of nitrogens with zero attached hydrogens (tertiary/aromatic N) is 1. The number of rotatable bonds is 2. The number of aryl methyl sites for hydroxylation is 1. The summed E-state index contributed by atoms with van der Waals surface area (Å²) in [7, 11) is 0. The van der Waals surface area contributed by atoms with Gasteiger partial charge >= 0.3 is 0 Å². The van der Waals surface area contributed by atoms with Crippen molar-refractivity contribution in [3.05, 3.63) is 29.3 Å². The highest BCUT2D eigenvalue weighted by Crippen LogP contribution is 2.41. The van der Waals surface area contributed by atoms with Gasteiger partial charge in [-0.15, -0.1) is 0 Å². The second kappa shape index (κ2) is 5.38. The number of nitrogens with two attached hydrogens (primary N) is 1. The molecule has 1 saturated heterocycles. The Balaban J connectivity index is 1.82. The first-order valence-electron chi connectivity index (χ1n) is 7.89. The van der Waals surface area contributed by atoms with Crippen LogP contribution >= 0.6 is 0 Å². The van der Waals surface area contributed by atoms with E-state index in [9.17, 15) is 5.11 Å². The molecule has 0 bridgehead atoms. The highest BCUT2D eigenvalue weighted by atomic mass is 16.3. The van der Waals surface area contributed by atoms with Crippen LogP contribution in [0.3, 0.4) is 0 Å². The molecule has 1 aliphatic carbocycles. The molecule has 3 heteroatoms. The van der Waals surface area contributed by atoms with Gasteiger partial charge in [-0.05, 0) is 37.8 Å². The lowest BCUT2D eigenvalue weighted by molar-refractivity contribution is -0.0612. The Kier molecular flexibility index (Phi) is 3.74. The fourth-order valence-corrected chi connectivity index (χ4v) is 3.98. The van der Waals surface area contributed by atoms with Crippen molar-refractivity contribution in [3.63, 3.8) is 0 Å². The maximum Gasteiger partial charge on any atom is 0.0709 e. The topological polar surface area (TPSA) is 49.5 Å². The summed E-state index contributed by atoms with van der Waals surface area (Å²) in [6, 6.07) is 6.55. The lowest BCUT2D eigenvalue weighted by Gasteiger charge is -2.48. The van der Waals surface area contributed by atoms with Crippen LogP contribution in [0.5, 0.6) is 0 Å². The van der Waals surface area contributed by atoms with Crippen LogP contribution in [0.25, 0.3) is 0 Å². The number of aliphatic hydroxyl groups is 1. The van der Waals surface area contributed by atoms with Gasteiger partial charge in [0.25, 0.3) is 0 Å². The number of fused-ring (bicyclic) bond motifs is 1. The molecule has 2 atom stereocenters. The van der Waals surface area contributed by atoms with E-state index in [4.69, 9.17) is 5.73 Å². The number of hydrogen-bond donors (Lipinski definition) is 2. The lowest BCUT2D eigenvalue weighted by atomic mass is 9.71. The van der Waals surface area contributed by atoms with Crippen molar-refractivity contribution in [2.24, 2.45) is 11.7 Å². The predicted molar refractivity (Wildman–Crippen MR) is 82.8 cm³/mol. The molecule has 0 radical (unpaired) electrons. The molecule has 1 saturated carbocycles. The Morgan fingerprint density at radius 1 is 1.35 bits per heavy atom. The van der Waals surface area contributed by atoms with Crippen molar-refractivity contribution < 1.29 is 5.11 Å². The zero-order valence-electron chi connectivity index (χ0n) is 12.4. The molecule has 0 spiro atoms. The minimum Gasteiger partial charge on any atom is -0.389 e. The van der Waals surface area contributed by atoms with E-state index in [1.54, 1.807) is 0 Å². The van der Waals surface area contributed by atoms with E-state index in [-0.39, 0.29) is 0 Å². The van der Waals surface area contributed by atoms with Gasteiger partial charge in [-0.2, -0.15) is 0 Å². The Bertz CT molecular complexity index is 488. The Morgan fingerprint density at radius 2 is 2.20 bits per heavy atom. The van der Waals surface area contributed by atoms with Gasteiger partial charge in [-0.1, -0.05) is 30.5 Å². The van der Waals surface area contributed by atoms with Crippen molar-refractivity contribution in [1.29, 1.82) is 0 Å². The van der Waals surface area contributed by atoms with E-state index in [0.29, 0.717) is 12.5 Å². The molecule has 3 nitrogen and oxygen atoms in total. The van der Waals surface area contributed by atoms with Gasteiger partial charge < -0.3 is 15.7 Å². The fraction of sp³-hybridized carbons (Fsp3) is 0.647. The van der Waals surface area contributed by atoms with Gasteiger partial charge in [0.2, 0.25) is 0 Å². The molecule has 3 N–H and O–H groups in total. The van der Waals surface area contributed by atoms with Crippen LogP contribution in [-0.2, 0) is 6.54 Å². The molecular formula is C17H26N2O.